The van der Waals surface area contributed by atoms with Gasteiger partial charge >= 0.3 is 12.1 Å². The van der Waals surface area contributed by atoms with Crippen LogP contribution in [0.1, 0.15) is 94.4 Å². The first kappa shape index (κ1) is 60.5. The molecule has 0 bridgehead atoms. The molecular weight excluding hydrogens is 988 g/mol. The van der Waals surface area contributed by atoms with Crippen LogP contribution in [0.15, 0.2) is 18.2 Å². The zero-order valence-corrected chi connectivity index (χ0v) is 45.3. The Kier molecular flexibility index (Phi) is 20.2. The zero-order chi connectivity index (χ0) is 55.5. The minimum Gasteiger partial charge on any atom is -0.459 e. The minimum atomic E-state index is -2.10. The van der Waals surface area contributed by atoms with E-state index >= 15 is 4.39 Å². The van der Waals surface area contributed by atoms with Crippen molar-refractivity contribution in [3.05, 3.63) is 24.0 Å². The molecule has 5 fully saturated rings. The number of carbonyl (C=O) groups is 4. The van der Waals surface area contributed by atoms with Crippen LogP contribution >= 0.6 is 0 Å². The number of carbonyl (C=O) groups excluding carboxylic acids is 4. The predicted molar refractivity (Wildman–Crippen MR) is 266 cm³/mol. The molecule has 1 aromatic rings. The van der Waals surface area contributed by atoms with E-state index < -0.39 is 138 Å². The van der Waals surface area contributed by atoms with E-state index in [1.165, 1.54) is 45.8 Å². The van der Waals surface area contributed by atoms with Crippen molar-refractivity contribution in [2.45, 2.75) is 185 Å². The first-order chi connectivity index (χ1) is 35.1. The van der Waals surface area contributed by atoms with Crippen LogP contribution in [0.5, 0.6) is 0 Å². The fraction of sp³-hybridized carbons (Fsp3) is 0.808. The Hall–Kier alpha value is -3.69. The van der Waals surface area contributed by atoms with E-state index in [1.54, 1.807) is 58.7 Å². The molecular formula is C52H83FN4O18. The molecule has 0 unspecified atom stereocenters. The zero-order valence-electron chi connectivity index (χ0n) is 45.3. The number of morpholine rings is 1. The maximum Gasteiger partial charge on any atom is 0.414 e. The molecule has 5 aliphatic rings. The summed E-state index contributed by atoms with van der Waals surface area (Å²) in [5.41, 5.74) is -4.71. The lowest BCUT2D eigenvalue weighted by Crippen LogP contribution is -2.61. The molecule has 6 rings (SSSR count). The number of benzene rings is 1. The van der Waals surface area contributed by atoms with E-state index in [0.717, 1.165) is 0 Å². The summed E-state index contributed by atoms with van der Waals surface area (Å²) in [5.74, 6) is -6.66. The van der Waals surface area contributed by atoms with Gasteiger partial charge in [0.15, 0.2) is 18.9 Å². The highest BCUT2D eigenvalue weighted by Crippen LogP contribution is 2.41. The number of anilines is 2. The van der Waals surface area contributed by atoms with Gasteiger partial charge in [0, 0.05) is 63.4 Å². The Balaban J connectivity index is 1.18. The molecule has 22 nitrogen and oxygen atoms in total. The summed E-state index contributed by atoms with van der Waals surface area (Å²) in [6.45, 7) is 16.1. The number of likely N-dealkylation sites (N-methyl/N-ethyl adjacent to an activating group) is 1. The van der Waals surface area contributed by atoms with Crippen LogP contribution in [0.4, 0.5) is 20.6 Å². The van der Waals surface area contributed by atoms with Gasteiger partial charge in [0.2, 0.25) is 5.91 Å². The SMILES string of the molecule is CC[C@H]1OC(=O)[C@H](C)[C@@H](O[C@H]2C[C@@](C)(OC)[C@@H](O)[C@H](O)O2)[C@H](C)[C@@H](O[C@@H]2O[C@H](C)C[C@H](N(C)CCC(=O)NC[C@H]3CN(c4ccc(N5CCOCC5)c(F)c4)C(=O)O3)[C@H]2O)[C@](C)(O)C[C@@H](C)C(=O)[C@H](C)[C@@H](O)[C@]1(C)O. The van der Waals surface area contributed by atoms with Crippen molar-refractivity contribution in [1.29, 1.82) is 0 Å². The lowest BCUT2D eigenvalue weighted by atomic mass is 9.74. The number of hydrogen-bond acceptors (Lipinski definition) is 20. The van der Waals surface area contributed by atoms with Crippen LogP contribution < -0.4 is 15.1 Å². The Bertz CT molecular complexity index is 2120. The molecule has 75 heavy (non-hydrogen) atoms. The second-order valence-electron chi connectivity index (χ2n) is 22.1. The van der Waals surface area contributed by atoms with E-state index in [4.69, 9.17) is 37.9 Å². The fourth-order valence-corrected chi connectivity index (χ4v) is 11.4. The van der Waals surface area contributed by atoms with Crippen LogP contribution in [0.25, 0.3) is 0 Å². The summed E-state index contributed by atoms with van der Waals surface area (Å²) in [4.78, 5) is 59.5. The first-order valence-electron chi connectivity index (χ1n) is 26.3. The van der Waals surface area contributed by atoms with Crippen molar-refractivity contribution in [3.8, 4) is 0 Å². The number of methoxy groups -OCH3 is 1. The van der Waals surface area contributed by atoms with Crippen LogP contribution in [0.2, 0.25) is 0 Å². The van der Waals surface area contributed by atoms with Gasteiger partial charge in [0.25, 0.3) is 0 Å². The molecule has 0 spiro atoms. The van der Waals surface area contributed by atoms with Gasteiger partial charge in [-0.1, -0.05) is 27.7 Å². The molecule has 0 aromatic heterocycles. The Morgan fingerprint density at radius 2 is 1.61 bits per heavy atom. The molecule has 5 heterocycles. The first-order valence-corrected chi connectivity index (χ1v) is 26.3. The fourth-order valence-electron chi connectivity index (χ4n) is 11.4. The number of nitrogens with one attached hydrogen (secondary N) is 1. The number of amides is 2. The van der Waals surface area contributed by atoms with Crippen molar-refractivity contribution in [3.63, 3.8) is 0 Å². The largest absolute Gasteiger partial charge is 0.459 e. The number of aliphatic hydroxyl groups excluding tert-OH is 4. The van der Waals surface area contributed by atoms with Crippen LogP contribution in [-0.4, -0.2) is 210 Å². The van der Waals surface area contributed by atoms with Crippen molar-refractivity contribution in [2.24, 2.45) is 23.7 Å². The number of Topliss-reactive ketones (excluding diaryl/α,β-unsaturated/α-hetero) is 1. The van der Waals surface area contributed by atoms with Gasteiger partial charge in [0.05, 0.1) is 73.6 Å². The van der Waals surface area contributed by atoms with Crippen molar-refractivity contribution < 1.29 is 92.1 Å². The van der Waals surface area contributed by atoms with Crippen LogP contribution in [-0.2, 0) is 52.3 Å². The summed E-state index contributed by atoms with van der Waals surface area (Å²) in [7, 11) is 3.07. The Morgan fingerprint density at radius 1 is 0.933 bits per heavy atom. The molecule has 1 aromatic carbocycles. The molecule has 0 radical (unpaired) electrons. The molecule has 5 saturated heterocycles. The molecule has 0 aliphatic carbocycles. The van der Waals surface area contributed by atoms with Crippen LogP contribution in [0, 0.1) is 29.5 Å². The van der Waals surface area contributed by atoms with Crippen LogP contribution in [0.3, 0.4) is 0 Å². The normalized spacial score (nSPS) is 40.8. The van der Waals surface area contributed by atoms with Gasteiger partial charge < -0.3 is 83.7 Å². The van der Waals surface area contributed by atoms with Gasteiger partial charge in [-0.15, -0.1) is 0 Å². The number of esters is 1. The lowest BCUT2D eigenvalue weighted by molar-refractivity contribution is -0.348. The predicted octanol–water partition coefficient (Wildman–Crippen LogP) is 1.59. The molecule has 5 aliphatic heterocycles. The van der Waals surface area contributed by atoms with Gasteiger partial charge in [-0.3, -0.25) is 19.3 Å². The second-order valence-corrected chi connectivity index (χ2v) is 22.1. The Labute approximate surface area is 439 Å². The van der Waals surface area contributed by atoms with Crippen molar-refractivity contribution >= 4 is 35.1 Å². The Morgan fingerprint density at radius 3 is 2.25 bits per heavy atom. The van der Waals surface area contributed by atoms with Crippen molar-refractivity contribution in [1.82, 2.24) is 10.2 Å². The van der Waals surface area contributed by atoms with Crippen molar-refractivity contribution in [2.75, 3.05) is 69.9 Å². The van der Waals surface area contributed by atoms with E-state index in [9.17, 15) is 49.8 Å². The smallest absolute Gasteiger partial charge is 0.414 e. The molecule has 19 atom stereocenters. The number of nitrogens with zero attached hydrogens (tertiary/aromatic N) is 3. The highest BCUT2D eigenvalue weighted by atomic mass is 19.1. The number of rotatable bonds is 14. The molecule has 426 valence electrons. The summed E-state index contributed by atoms with van der Waals surface area (Å²) in [6.07, 6.45) is -15.1. The van der Waals surface area contributed by atoms with E-state index in [-0.39, 0.29) is 51.2 Å². The lowest BCUT2D eigenvalue weighted by Gasteiger charge is -2.49. The highest BCUT2D eigenvalue weighted by Gasteiger charge is 2.54. The van der Waals surface area contributed by atoms with E-state index in [2.05, 4.69) is 5.32 Å². The third-order valence-electron chi connectivity index (χ3n) is 16.2. The average Bonchev–Trinajstić information content (AvgIpc) is 3.75. The maximum atomic E-state index is 15.2. The summed E-state index contributed by atoms with van der Waals surface area (Å²) in [5, 5.41) is 72.4. The van der Waals surface area contributed by atoms with E-state index in [0.29, 0.717) is 44.1 Å². The third kappa shape index (κ3) is 13.8. The summed E-state index contributed by atoms with van der Waals surface area (Å²) in [6, 6.07) is 3.90. The van der Waals surface area contributed by atoms with Gasteiger partial charge in [0.1, 0.15) is 47.2 Å². The number of ketones is 1. The second kappa shape index (κ2) is 25.0. The van der Waals surface area contributed by atoms with E-state index in [1.807, 2.05) is 4.90 Å². The van der Waals surface area contributed by atoms with Gasteiger partial charge in [-0.25, -0.2) is 9.18 Å². The maximum absolute atomic E-state index is 15.2. The number of cyclic esters (lactones) is 2. The topological polar surface area (TPSA) is 285 Å². The van der Waals surface area contributed by atoms with Gasteiger partial charge in [-0.2, -0.15) is 0 Å². The summed E-state index contributed by atoms with van der Waals surface area (Å²) >= 11 is 0. The molecule has 0 saturated carbocycles. The average molecular weight is 1070 g/mol. The highest BCUT2D eigenvalue weighted by molar-refractivity contribution is 5.90. The quantitative estimate of drug-likeness (QED) is 0.130. The molecule has 2 amide bonds. The minimum absolute atomic E-state index is 0.00264. The summed E-state index contributed by atoms with van der Waals surface area (Å²) < 4.78 is 62.8. The standard InChI is InChI=1S/C52H83FN4O18/c1-12-37-52(9,67)43(61)29(4)40(59)27(2)23-50(7,66)45(30(5)42(31(6)46(63)72-37)73-39-24-51(8,68-11)44(62)47(64)74-39)75-48-41(60)36(21-28(3)70-48)55(10)16-15-38(58)54-25-33-26-57(49(65)71-33)32-13-14-35(34(53)22-32)56-17-19-69-20-18-56/h13-14,22,27-31,33,36-37,39,41-45,47-48,60-62,64,66-67H,12,15-21,23-26H2,1-11H3,(H,54,58)/t27-,28-,29+,30+,31-,33+,36+,37-,39-,41-,42+,43-,44+,45-,47-,48+,50-,51-,52-/m1/s1. The number of halogens is 1. The monoisotopic (exact) mass is 1070 g/mol. The third-order valence-corrected chi connectivity index (χ3v) is 16.2. The number of aliphatic hydroxyl groups is 6. The number of hydrogen-bond donors (Lipinski definition) is 7. The van der Waals surface area contributed by atoms with Gasteiger partial charge in [-0.05, 0) is 79.1 Å². The molecule has 7 N–H and O–H groups in total. The number of ether oxygens (including phenoxy) is 8. The molecule has 23 heteroatoms.